The Kier molecular flexibility index (Phi) is 2.92. The molecule has 1 heterocycles. The summed E-state index contributed by atoms with van der Waals surface area (Å²) in [5.74, 6) is 2.63. The van der Waals surface area contributed by atoms with Crippen molar-refractivity contribution in [3.63, 3.8) is 0 Å². The largest absolute Gasteiger partial charge is 0.469 e. The highest BCUT2D eigenvalue weighted by atomic mass is 32.1. The molecule has 0 spiro atoms. The van der Waals surface area contributed by atoms with Gasteiger partial charge >= 0.3 is 5.97 Å². The van der Waals surface area contributed by atoms with Gasteiger partial charge in [-0.3, -0.25) is 4.79 Å². The molecule has 20 heavy (non-hydrogen) atoms. The molecular weight excluding hydrogens is 270 g/mol. The quantitative estimate of drug-likeness (QED) is 0.802. The molecule has 0 amide bonds. The van der Waals surface area contributed by atoms with Crippen molar-refractivity contribution in [2.75, 3.05) is 7.11 Å². The van der Waals surface area contributed by atoms with Crippen LogP contribution in [0.25, 0.3) is 0 Å². The van der Waals surface area contributed by atoms with Crippen LogP contribution in [-0.4, -0.2) is 18.1 Å². The Morgan fingerprint density at radius 1 is 1.30 bits per heavy atom. The zero-order chi connectivity index (χ0) is 13.7. The van der Waals surface area contributed by atoms with E-state index < -0.39 is 0 Å². The lowest BCUT2D eigenvalue weighted by atomic mass is 9.49. The van der Waals surface area contributed by atoms with E-state index in [1.807, 2.05) is 0 Å². The molecule has 3 nitrogen and oxygen atoms in total. The van der Waals surface area contributed by atoms with Gasteiger partial charge < -0.3 is 4.74 Å². The van der Waals surface area contributed by atoms with Gasteiger partial charge in [-0.05, 0) is 56.3 Å². The van der Waals surface area contributed by atoms with Crippen LogP contribution < -0.4 is 0 Å². The lowest BCUT2D eigenvalue weighted by Crippen LogP contribution is -2.48. The summed E-state index contributed by atoms with van der Waals surface area (Å²) in [5.41, 5.74) is 1.63. The molecule has 0 saturated heterocycles. The van der Waals surface area contributed by atoms with Gasteiger partial charge in [-0.25, -0.2) is 4.98 Å². The van der Waals surface area contributed by atoms with Crippen molar-refractivity contribution in [1.29, 1.82) is 0 Å². The van der Waals surface area contributed by atoms with Crippen LogP contribution in [0.4, 0.5) is 0 Å². The second kappa shape index (κ2) is 4.55. The van der Waals surface area contributed by atoms with Crippen molar-refractivity contribution in [2.45, 2.75) is 50.4 Å². The minimum atomic E-state index is -0.184. The maximum absolute atomic E-state index is 11.4. The Morgan fingerprint density at radius 2 is 1.90 bits per heavy atom. The number of nitrogens with zero attached hydrogens (tertiary/aromatic N) is 1. The molecule has 4 bridgehead atoms. The molecule has 1 aromatic heterocycles. The Morgan fingerprint density at radius 3 is 2.45 bits per heavy atom. The Balaban J connectivity index is 1.59. The second-order valence-corrected chi connectivity index (χ2v) is 8.02. The highest BCUT2D eigenvalue weighted by molar-refractivity contribution is 7.09. The third-order valence-electron chi connectivity index (χ3n) is 5.66. The smallest absolute Gasteiger partial charge is 0.312 e. The number of hydrogen-bond acceptors (Lipinski definition) is 4. The molecule has 4 heteroatoms. The number of carbonyl (C=O) groups is 1. The molecule has 0 radical (unpaired) electrons. The molecular formula is C16H21NO2S. The third kappa shape index (κ3) is 2.00. The van der Waals surface area contributed by atoms with Crippen LogP contribution in [0.2, 0.25) is 0 Å². The average molecular weight is 291 g/mol. The minimum Gasteiger partial charge on any atom is -0.469 e. The van der Waals surface area contributed by atoms with Gasteiger partial charge in [0.05, 0.1) is 19.2 Å². The van der Waals surface area contributed by atoms with Gasteiger partial charge in [0.2, 0.25) is 0 Å². The van der Waals surface area contributed by atoms with Gasteiger partial charge in [-0.1, -0.05) is 0 Å². The highest BCUT2D eigenvalue weighted by Gasteiger charge is 2.52. The van der Waals surface area contributed by atoms with Crippen LogP contribution >= 0.6 is 11.3 Å². The van der Waals surface area contributed by atoms with E-state index in [0.29, 0.717) is 11.8 Å². The van der Waals surface area contributed by atoms with Crippen LogP contribution in [0, 0.1) is 17.8 Å². The molecule has 4 aliphatic carbocycles. The summed E-state index contributed by atoms with van der Waals surface area (Å²) in [6, 6.07) is 0. The fourth-order valence-electron chi connectivity index (χ4n) is 5.26. The zero-order valence-corrected chi connectivity index (χ0v) is 12.7. The van der Waals surface area contributed by atoms with Crippen molar-refractivity contribution < 1.29 is 9.53 Å². The fourth-order valence-corrected chi connectivity index (χ4v) is 6.16. The standard InChI is InChI=1S/C16H21NO2S/c1-19-15(18)5-14-17-13(9-20-14)16-6-10-2-11(7-16)4-12(3-10)8-16/h9-12H,2-8H2,1H3. The van der Waals surface area contributed by atoms with E-state index in [9.17, 15) is 4.79 Å². The van der Waals surface area contributed by atoms with Gasteiger partial charge in [0.25, 0.3) is 0 Å². The number of ether oxygens (including phenoxy) is 1. The average Bonchev–Trinajstić information content (AvgIpc) is 2.86. The molecule has 0 atom stereocenters. The summed E-state index contributed by atoms with van der Waals surface area (Å²) in [6.07, 6.45) is 8.70. The van der Waals surface area contributed by atoms with Crippen LogP contribution in [0.5, 0.6) is 0 Å². The van der Waals surface area contributed by atoms with E-state index >= 15 is 0 Å². The topological polar surface area (TPSA) is 39.2 Å². The van der Waals surface area contributed by atoms with Crippen LogP contribution in [0.15, 0.2) is 5.38 Å². The monoisotopic (exact) mass is 291 g/mol. The summed E-state index contributed by atoms with van der Waals surface area (Å²) >= 11 is 1.63. The van der Waals surface area contributed by atoms with E-state index in [4.69, 9.17) is 9.72 Å². The maximum atomic E-state index is 11.4. The van der Waals surface area contributed by atoms with Gasteiger partial charge in [-0.2, -0.15) is 0 Å². The predicted octanol–water partition coefficient (Wildman–Crippen LogP) is 3.33. The molecule has 0 aliphatic heterocycles. The highest BCUT2D eigenvalue weighted by Crippen LogP contribution is 2.60. The number of aromatic nitrogens is 1. The summed E-state index contributed by atoms with van der Waals surface area (Å²) in [6.45, 7) is 0. The maximum Gasteiger partial charge on any atom is 0.312 e. The number of rotatable bonds is 3. The fraction of sp³-hybridized carbons (Fsp3) is 0.750. The van der Waals surface area contributed by atoms with Crippen LogP contribution in [-0.2, 0) is 21.4 Å². The number of thiazole rings is 1. The van der Waals surface area contributed by atoms with Crippen molar-refractivity contribution >= 4 is 17.3 Å². The van der Waals surface area contributed by atoms with Crippen LogP contribution in [0.1, 0.15) is 49.2 Å². The van der Waals surface area contributed by atoms with E-state index in [-0.39, 0.29) is 5.97 Å². The first-order valence-corrected chi connectivity index (χ1v) is 8.56. The normalized spacial score (nSPS) is 38.1. The first-order valence-electron chi connectivity index (χ1n) is 7.68. The van der Waals surface area contributed by atoms with Crippen LogP contribution in [0.3, 0.4) is 0 Å². The second-order valence-electron chi connectivity index (χ2n) is 7.08. The molecule has 108 valence electrons. The summed E-state index contributed by atoms with van der Waals surface area (Å²) in [5, 5.41) is 3.13. The number of esters is 1. The lowest BCUT2D eigenvalue weighted by Gasteiger charge is -2.56. The number of carbonyl (C=O) groups excluding carboxylic acids is 1. The first-order chi connectivity index (χ1) is 9.67. The predicted molar refractivity (Wildman–Crippen MR) is 77.7 cm³/mol. The van der Waals surface area contributed by atoms with E-state index in [2.05, 4.69) is 5.38 Å². The van der Waals surface area contributed by atoms with Crippen molar-refractivity contribution in [3.8, 4) is 0 Å². The SMILES string of the molecule is COC(=O)Cc1nc(C23CC4CC(CC(C4)C2)C3)cs1. The van der Waals surface area contributed by atoms with Crippen molar-refractivity contribution in [3.05, 3.63) is 16.1 Å². The Bertz CT molecular complexity index is 501. The zero-order valence-electron chi connectivity index (χ0n) is 11.9. The van der Waals surface area contributed by atoms with Crippen molar-refractivity contribution in [1.82, 2.24) is 4.98 Å². The Hall–Kier alpha value is -0.900. The minimum absolute atomic E-state index is 0.184. The molecule has 0 aromatic carbocycles. The molecule has 5 rings (SSSR count). The van der Waals surface area contributed by atoms with Gasteiger partial charge in [0.15, 0.2) is 0 Å². The molecule has 1 aromatic rings. The molecule has 0 N–H and O–H groups in total. The summed E-state index contributed by atoms with van der Waals surface area (Å²) in [4.78, 5) is 16.2. The summed E-state index contributed by atoms with van der Waals surface area (Å²) in [7, 11) is 1.44. The molecule has 4 saturated carbocycles. The van der Waals surface area contributed by atoms with Gasteiger partial charge in [0, 0.05) is 10.8 Å². The van der Waals surface area contributed by atoms with Gasteiger partial charge in [0.1, 0.15) is 5.01 Å². The van der Waals surface area contributed by atoms with E-state index in [0.717, 1.165) is 22.8 Å². The molecule has 4 fully saturated rings. The molecule has 4 aliphatic rings. The number of methoxy groups -OCH3 is 1. The van der Waals surface area contributed by atoms with Crippen molar-refractivity contribution in [2.24, 2.45) is 17.8 Å². The number of hydrogen-bond donors (Lipinski definition) is 0. The molecule has 0 unspecified atom stereocenters. The first kappa shape index (κ1) is 12.8. The van der Waals surface area contributed by atoms with E-state index in [1.165, 1.54) is 51.3 Å². The Labute approximate surface area is 123 Å². The summed E-state index contributed by atoms with van der Waals surface area (Å²) < 4.78 is 4.74. The van der Waals surface area contributed by atoms with Gasteiger partial charge in [-0.15, -0.1) is 11.3 Å². The third-order valence-corrected chi connectivity index (χ3v) is 6.51. The van der Waals surface area contributed by atoms with E-state index in [1.54, 1.807) is 11.3 Å². The lowest BCUT2D eigenvalue weighted by molar-refractivity contribution is -0.139.